The van der Waals surface area contributed by atoms with E-state index in [0.717, 1.165) is 23.3 Å². The van der Waals surface area contributed by atoms with E-state index >= 15 is 0 Å². The third kappa shape index (κ3) is 5.46. The summed E-state index contributed by atoms with van der Waals surface area (Å²) in [5.41, 5.74) is 1.76. The van der Waals surface area contributed by atoms with E-state index in [2.05, 4.69) is 15.6 Å². The highest BCUT2D eigenvalue weighted by atomic mass is 35.5. The number of rotatable bonds is 7. The van der Waals surface area contributed by atoms with E-state index in [9.17, 15) is 5.11 Å². The summed E-state index contributed by atoms with van der Waals surface area (Å²) in [5, 5.41) is 17.0. The Morgan fingerprint density at radius 1 is 1.04 bits per heavy atom. The van der Waals surface area contributed by atoms with Gasteiger partial charge in [0, 0.05) is 30.7 Å². The molecule has 0 spiro atoms. The predicted octanol–water partition coefficient (Wildman–Crippen LogP) is 2.97. The van der Waals surface area contributed by atoms with E-state index in [4.69, 9.17) is 21.1 Å². The molecule has 3 N–H and O–H groups in total. The third-order valence-electron chi connectivity index (χ3n) is 3.90. The number of phenols is 1. The van der Waals surface area contributed by atoms with Crippen molar-refractivity contribution in [3.63, 3.8) is 0 Å². The second-order valence-electron chi connectivity index (χ2n) is 5.55. The van der Waals surface area contributed by atoms with Crippen LogP contribution in [0.2, 0.25) is 5.02 Å². The number of nitrogens with one attached hydrogen (secondary N) is 2. The number of ether oxygens (including phenoxy) is 2. The molecular weight excluding hydrogens is 354 g/mol. The van der Waals surface area contributed by atoms with Gasteiger partial charge in [0.1, 0.15) is 17.2 Å². The fourth-order valence-corrected chi connectivity index (χ4v) is 2.67. The lowest BCUT2D eigenvalue weighted by Crippen LogP contribution is -2.37. The van der Waals surface area contributed by atoms with Gasteiger partial charge in [-0.15, -0.1) is 0 Å². The zero-order valence-corrected chi connectivity index (χ0v) is 15.9. The van der Waals surface area contributed by atoms with Gasteiger partial charge < -0.3 is 25.2 Å². The maximum atomic E-state index is 9.93. The van der Waals surface area contributed by atoms with E-state index in [1.165, 1.54) is 0 Å². The molecule has 0 fully saturated rings. The van der Waals surface area contributed by atoms with Gasteiger partial charge in [0.05, 0.1) is 14.2 Å². The lowest BCUT2D eigenvalue weighted by Gasteiger charge is -2.14. The van der Waals surface area contributed by atoms with Gasteiger partial charge in [-0.25, -0.2) is 0 Å². The summed E-state index contributed by atoms with van der Waals surface area (Å²) >= 11 is 6.25. The Labute approximate surface area is 158 Å². The maximum Gasteiger partial charge on any atom is 0.191 e. The van der Waals surface area contributed by atoms with Gasteiger partial charge in [-0.2, -0.15) is 0 Å². The van der Waals surface area contributed by atoms with Crippen LogP contribution in [0.25, 0.3) is 0 Å². The molecular formula is C19H24ClN3O3. The molecule has 2 aromatic rings. The number of hydrogen-bond acceptors (Lipinski definition) is 4. The molecule has 2 rings (SSSR count). The van der Waals surface area contributed by atoms with Crippen LogP contribution in [0.15, 0.2) is 41.4 Å². The lowest BCUT2D eigenvalue weighted by molar-refractivity contribution is 0.410. The molecule has 0 aliphatic heterocycles. The highest BCUT2D eigenvalue weighted by molar-refractivity contribution is 6.31. The Hall–Kier alpha value is -2.60. The van der Waals surface area contributed by atoms with Crippen LogP contribution in [-0.4, -0.2) is 38.9 Å². The monoisotopic (exact) mass is 377 g/mol. The number of benzene rings is 2. The summed E-state index contributed by atoms with van der Waals surface area (Å²) in [7, 11) is 4.90. The molecule has 0 bridgehead atoms. The normalized spacial score (nSPS) is 11.2. The minimum absolute atomic E-state index is 0.207. The van der Waals surface area contributed by atoms with Gasteiger partial charge in [-0.3, -0.25) is 4.99 Å². The molecule has 7 heteroatoms. The van der Waals surface area contributed by atoms with Crippen molar-refractivity contribution < 1.29 is 14.6 Å². The molecule has 0 aromatic heterocycles. The number of halogens is 1. The van der Waals surface area contributed by atoms with E-state index in [1.807, 2.05) is 12.1 Å². The Morgan fingerprint density at radius 3 is 2.38 bits per heavy atom. The average Bonchev–Trinajstić information content (AvgIpc) is 2.66. The molecule has 140 valence electrons. The first-order valence-electron chi connectivity index (χ1n) is 8.20. The molecule has 0 saturated heterocycles. The average molecular weight is 378 g/mol. The van der Waals surface area contributed by atoms with Crippen molar-refractivity contribution in [1.82, 2.24) is 10.6 Å². The lowest BCUT2D eigenvalue weighted by atomic mass is 10.1. The largest absolute Gasteiger partial charge is 0.508 e. The number of nitrogens with zero attached hydrogens (tertiary/aromatic N) is 1. The number of phenolic OH excluding ortho intramolecular Hbond substituents is 1. The van der Waals surface area contributed by atoms with E-state index in [0.29, 0.717) is 29.8 Å². The van der Waals surface area contributed by atoms with Crippen molar-refractivity contribution in [1.29, 1.82) is 0 Å². The predicted molar refractivity (Wildman–Crippen MR) is 105 cm³/mol. The molecule has 26 heavy (non-hydrogen) atoms. The molecule has 0 aliphatic carbocycles. The first-order valence-corrected chi connectivity index (χ1v) is 8.58. The molecule has 0 radical (unpaired) electrons. The Bertz CT molecular complexity index is 766. The standard InChI is InChI=1S/C19H24ClN3O3/c1-21-19(23-12-14-10-15(25-2)6-7-18(14)24)22-9-8-13-4-5-16(26-3)11-17(13)20/h4-7,10-11,24H,8-9,12H2,1-3H3,(H2,21,22,23). The van der Waals surface area contributed by atoms with Crippen molar-refractivity contribution in [3.8, 4) is 17.2 Å². The van der Waals surface area contributed by atoms with Gasteiger partial charge >= 0.3 is 0 Å². The van der Waals surface area contributed by atoms with Crippen LogP contribution in [0, 0.1) is 0 Å². The minimum Gasteiger partial charge on any atom is -0.508 e. The smallest absolute Gasteiger partial charge is 0.191 e. The van der Waals surface area contributed by atoms with Crippen LogP contribution in [-0.2, 0) is 13.0 Å². The molecule has 0 unspecified atom stereocenters. The molecule has 0 saturated carbocycles. The molecule has 0 heterocycles. The van der Waals surface area contributed by atoms with E-state index < -0.39 is 0 Å². The van der Waals surface area contributed by atoms with Gasteiger partial charge in [0.15, 0.2) is 5.96 Å². The van der Waals surface area contributed by atoms with Crippen LogP contribution < -0.4 is 20.1 Å². The van der Waals surface area contributed by atoms with Crippen molar-refractivity contribution in [2.45, 2.75) is 13.0 Å². The first kappa shape index (κ1) is 19.7. The number of aliphatic imine (C=N–C) groups is 1. The summed E-state index contributed by atoms with van der Waals surface area (Å²) in [6.45, 7) is 1.09. The molecule has 0 amide bonds. The first-order chi connectivity index (χ1) is 12.6. The molecule has 2 aromatic carbocycles. The van der Waals surface area contributed by atoms with Crippen molar-refractivity contribution in [2.75, 3.05) is 27.8 Å². The SMILES string of the molecule is CN=C(NCCc1ccc(OC)cc1Cl)NCc1cc(OC)ccc1O. The van der Waals surface area contributed by atoms with Gasteiger partial charge in [0.2, 0.25) is 0 Å². The van der Waals surface area contributed by atoms with Crippen LogP contribution in [0.4, 0.5) is 0 Å². The zero-order valence-electron chi connectivity index (χ0n) is 15.2. The van der Waals surface area contributed by atoms with Crippen LogP contribution in [0.1, 0.15) is 11.1 Å². The van der Waals surface area contributed by atoms with Crippen molar-refractivity contribution >= 4 is 17.6 Å². The van der Waals surface area contributed by atoms with E-state index in [-0.39, 0.29) is 5.75 Å². The van der Waals surface area contributed by atoms with Crippen LogP contribution in [0.5, 0.6) is 17.2 Å². The Balaban J connectivity index is 1.86. The highest BCUT2D eigenvalue weighted by Gasteiger charge is 2.06. The molecule has 6 nitrogen and oxygen atoms in total. The number of methoxy groups -OCH3 is 2. The number of aromatic hydroxyl groups is 1. The maximum absolute atomic E-state index is 9.93. The fraction of sp³-hybridized carbons (Fsp3) is 0.316. The molecule has 0 atom stereocenters. The minimum atomic E-state index is 0.207. The second kappa shape index (κ2) is 9.77. The van der Waals surface area contributed by atoms with Crippen molar-refractivity contribution in [3.05, 3.63) is 52.5 Å². The summed E-state index contributed by atoms with van der Waals surface area (Å²) in [6.07, 6.45) is 0.744. The second-order valence-corrected chi connectivity index (χ2v) is 5.96. The van der Waals surface area contributed by atoms with Gasteiger partial charge in [-0.1, -0.05) is 17.7 Å². The third-order valence-corrected chi connectivity index (χ3v) is 4.26. The number of guanidine groups is 1. The summed E-state index contributed by atoms with van der Waals surface area (Å²) in [5.74, 6) is 2.27. The molecule has 0 aliphatic rings. The zero-order chi connectivity index (χ0) is 18.9. The van der Waals surface area contributed by atoms with Gasteiger partial charge in [0.25, 0.3) is 0 Å². The fourth-order valence-electron chi connectivity index (χ4n) is 2.40. The Kier molecular flexibility index (Phi) is 7.41. The van der Waals surface area contributed by atoms with E-state index in [1.54, 1.807) is 45.5 Å². The van der Waals surface area contributed by atoms with Crippen molar-refractivity contribution in [2.24, 2.45) is 4.99 Å². The number of hydrogen-bond donors (Lipinski definition) is 3. The highest BCUT2D eigenvalue weighted by Crippen LogP contribution is 2.23. The quantitative estimate of drug-likeness (QED) is 0.511. The summed E-state index contributed by atoms with van der Waals surface area (Å²) < 4.78 is 10.3. The topological polar surface area (TPSA) is 75.1 Å². The summed E-state index contributed by atoms with van der Waals surface area (Å²) in [6, 6.07) is 10.7. The van der Waals surface area contributed by atoms with Crippen LogP contribution >= 0.6 is 11.6 Å². The van der Waals surface area contributed by atoms with Crippen LogP contribution in [0.3, 0.4) is 0 Å². The Morgan fingerprint density at radius 2 is 1.73 bits per heavy atom. The van der Waals surface area contributed by atoms with Gasteiger partial charge in [-0.05, 0) is 42.3 Å². The summed E-state index contributed by atoms with van der Waals surface area (Å²) in [4.78, 5) is 4.18.